The maximum atomic E-state index is 11.6. The molecule has 0 aliphatic carbocycles. The van der Waals surface area contributed by atoms with Gasteiger partial charge in [-0.15, -0.1) is 0 Å². The van der Waals surface area contributed by atoms with E-state index in [1.54, 1.807) is 17.1 Å². The van der Waals surface area contributed by atoms with Gasteiger partial charge in [-0.3, -0.25) is 9.48 Å². The van der Waals surface area contributed by atoms with Crippen LogP contribution >= 0.6 is 11.6 Å². The number of carbonyl (C=O) groups excluding carboxylic acids is 1. The van der Waals surface area contributed by atoms with Gasteiger partial charge >= 0.3 is 0 Å². The van der Waals surface area contributed by atoms with E-state index in [4.69, 9.17) is 17.3 Å². The highest BCUT2D eigenvalue weighted by atomic mass is 35.5. The Morgan fingerprint density at radius 3 is 3.06 bits per heavy atom. The van der Waals surface area contributed by atoms with Crippen LogP contribution in [0.5, 0.6) is 0 Å². The Morgan fingerprint density at radius 1 is 1.71 bits per heavy atom. The van der Waals surface area contributed by atoms with Crippen LogP contribution in [-0.4, -0.2) is 28.3 Å². The molecule has 0 saturated heterocycles. The van der Waals surface area contributed by atoms with Gasteiger partial charge in [0.2, 0.25) is 5.91 Å². The first kappa shape index (κ1) is 14.0. The van der Waals surface area contributed by atoms with Gasteiger partial charge < -0.3 is 11.1 Å². The first-order chi connectivity index (χ1) is 8.13. The number of hydrogen-bond acceptors (Lipinski definition) is 3. The highest BCUT2D eigenvalue weighted by molar-refractivity contribution is 6.30. The second kappa shape index (κ2) is 7.29. The highest BCUT2D eigenvalue weighted by Gasteiger charge is 2.11. The van der Waals surface area contributed by atoms with Gasteiger partial charge in [-0.05, 0) is 6.42 Å². The number of amides is 1. The molecule has 0 spiro atoms. The molecule has 1 aromatic rings. The van der Waals surface area contributed by atoms with Crippen molar-refractivity contribution >= 4 is 17.5 Å². The van der Waals surface area contributed by atoms with E-state index in [0.717, 1.165) is 19.3 Å². The first-order valence-corrected chi connectivity index (χ1v) is 6.22. The second-order valence-electron chi connectivity index (χ2n) is 3.96. The third-order valence-corrected chi connectivity index (χ3v) is 2.64. The van der Waals surface area contributed by atoms with Crippen LogP contribution in [0, 0.1) is 0 Å². The Morgan fingerprint density at radius 2 is 2.47 bits per heavy atom. The molecular formula is C11H19ClN4O. The summed E-state index contributed by atoms with van der Waals surface area (Å²) in [6, 6.07) is -0.406. The maximum absolute atomic E-state index is 11.6. The number of unbranched alkanes of at least 4 members (excludes halogenated alkanes) is 1. The maximum Gasteiger partial charge on any atom is 0.236 e. The molecule has 1 rings (SSSR count). The zero-order valence-electron chi connectivity index (χ0n) is 10.0. The lowest BCUT2D eigenvalue weighted by Crippen LogP contribution is -2.41. The van der Waals surface area contributed by atoms with Crippen LogP contribution in [-0.2, 0) is 11.3 Å². The molecule has 1 amide bonds. The van der Waals surface area contributed by atoms with E-state index in [-0.39, 0.29) is 5.91 Å². The lowest BCUT2D eigenvalue weighted by Gasteiger charge is -2.11. The fourth-order valence-corrected chi connectivity index (χ4v) is 1.60. The highest BCUT2D eigenvalue weighted by Crippen LogP contribution is 2.03. The fourth-order valence-electron chi connectivity index (χ4n) is 1.44. The minimum atomic E-state index is -0.406. The van der Waals surface area contributed by atoms with Gasteiger partial charge in [-0.1, -0.05) is 31.4 Å². The topological polar surface area (TPSA) is 72.9 Å². The summed E-state index contributed by atoms with van der Waals surface area (Å²) in [6.07, 6.45) is 6.03. The van der Waals surface area contributed by atoms with Crippen LogP contribution in [0.15, 0.2) is 12.4 Å². The molecular weight excluding hydrogens is 240 g/mol. The van der Waals surface area contributed by atoms with Gasteiger partial charge in [0.05, 0.1) is 23.8 Å². The average Bonchev–Trinajstić information content (AvgIpc) is 2.71. The number of halogens is 1. The van der Waals surface area contributed by atoms with Gasteiger partial charge in [-0.25, -0.2) is 0 Å². The van der Waals surface area contributed by atoms with Gasteiger partial charge in [-0.2, -0.15) is 5.10 Å². The van der Waals surface area contributed by atoms with E-state index in [0.29, 0.717) is 18.1 Å². The molecule has 5 nitrogen and oxygen atoms in total. The van der Waals surface area contributed by atoms with E-state index < -0.39 is 6.04 Å². The quantitative estimate of drug-likeness (QED) is 0.771. The Hall–Kier alpha value is -1.07. The van der Waals surface area contributed by atoms with Gasteiger partial charge in [0.15, 0.2) is 0 Å². The van der Waals surface area contributed by atoms with E-state index in [1.807, 2.05) is 0 Å². The summed E-state index contributed by atoms with van der Waals surface area (Å²) in [7, 11) is 0. The minimum Gasteiger partial charge on any atom is -0.353 e. The molecule has 0 unspecified atom stereocenters. The van der Waals surface area contributed by atoms with Crippen LogP contribution in [0.3, 0.4) is 0 Å². The molecule has 0 radical (unpaired) electrons. The predicted octanol–water partition coefficient (Wildman–Crippen LogP) is 1.17. The summed E-state index contributed by atoms with van der Waals surface area (Å²) in [5.41, 5.74) is 5.73. The average molecular weight is 259 g/mol. The Labute approximate surface area is 106 Å². The second-order valence-corrected chi connectivity index (χ2v) is 4.40. The molecule has 0 saturated carbocycles. The molecule has 1 atom stereocenters. The van der Waals surface area contributed by atoms with Crippen LogP contribution in [0.25, 0.3) is 0 Å². The molecule has 3 N–H and O–H groups in total. The van der Waals surface area contributed by atoms with E-state index >= 15 is 0 Å². The van der Waals surface area contributed by atoms with Crippen LogP contribution in [0.1, 0.15) is 26.2 Å². The van der Waals surface area contributed by atoms with Crippen molar-refractivity contribution in [1.29, 1.82) is 0 Å². The summed E-state index contributed by atoms with van der Waals surface area (Å²) in [5, 5.41) is 7.38. The fraction of sp³-hybridized carbons (Fsp3) is 0.636. The van der Waals surface area contributed by atoms with Crippen molar-refractivity contribution in [3.05, 3.63) is 17.4 Å². The van der Waals surface area contributed by atoms with E-state index in [9.17, 15) is 4.79 Å². The summed E-state index contributed by atoms with van der Waals surface area (Å²) < 4.78 is 1.68. The number of carbonyl (C=O) groups is 1. The van der Waals surface area contributed by atoms with Crippen molar-refractivity contribution in [3.8, 4) is 0 Å². The zero-order valence-corrected chi connectivity index (χ0v) is 10.8. The first-order valence-electron chi connectivity index (χ1n) is 5.84. The lowest BCUT2D eigenvalue weighted by atomic mass is 10.1. The number of hydrogen-bond donors (Lipinski definition) is 2. The smallest absolute Gasteiger partial charge is 0.236 e. The standard InChI is InChI=1S/C11H19ClN4O/c1-2-3-4-10(13)11(17)14-5-6-16-8-9(12)7-15-16/h7-8,10H,2-6,13H2,1H3,(H,14,17)/t10-/m1/s1. The van der Waals surface area contributed by atoms with E-state index in [1.165, 1.54) is 0 Å². The minimum absolute atomic E-state index is 0.100. The molecule has 1 heterocycles. The molecule has 6 heteroatoms. The third kappa shape index (κ3) is 5.19. The van der Waals surface area contributed by atoms with Crippen molar-refractivity contribution in [1.82, 2.24) is 15.1 Å². The molecule has 0 fully saturated rings. The molecule has 1 aromatic heterocycles. The molecule has 96 valence electrons. The van der Waals surface area contributed by atoms with Gasteiger partial charge in [0.25, 0.3) is 0 Å². The van der Waals surface area contributed by atoms with Crippen LogP contribution < -0.4 is 11.1 Å². The predicted molar refractivity (Wildman–Crippen MR) is 67.7 cm³/mol. The molecule has 0 bridgehead atoms. The summed E-state index contributed by atoms with van der Waals surface area (Å²) in [5.74, 6) is -0.100. The zero-order chi connectivity index (χ0) is 12.7. The van der Waals surface area contributed by atoms with Gasteiger partial charge in [0.1, 0.15) is 0 Å². The van der Waals surface area contributed by atoms with Crippen molar-refractivity contribution in [2.45, 2.75) is 38.8 Å². The van der Waals surface area contributed by atoms with Crippen molar-refractivity contribution < 1.29 is 4.79 Å². The lowest BCUT2D eigenvalue weighted by molar-refractivity contribution is -0.122. The number of nitrogens with zero attached hydrogens (tertiary/aromatic N) is 2. The van der Waals surface area contributed by atoms with Crippen LogP contribution in [0.4, 0.5) is 0 Å². The summed E-state index contributed by atoms with van der Waals surface area (Å²) in [4.78, 5) is 11.6. The summed E-state index contributed by atoms with van der Waals surface area (Å²) in [6.45, 7) is 3.18. The number of aromatic nitrogens is 2. The van der Waals surface area contributed by atoms with Gasteiger partial charge in [0, 0.05) is 12.7 Å². The summed E-state index contributed by atoms with van der Waals surface area (Å²) >= 11 is 5.72. The Balaban J connectivity index is 2.19. The number of rotatable bonds is 7. The SMILES string of the molecule is CCCC[C@@H](N)C(=O)NCCn1cc(Cl)cn1. The normalized spacial score (nSPS) is 12.4. The Kier molecular flexibility index (Phi) is 6.00. The Bertz CT molecular complexity index is 353. The number of nitrogens with one attached hydrogen (secondary N) is 1. The molecule has 0 aromatic carbocycles. The molecule has 0 aliphatic rings. The van der Waals surface area contributed by atoms with Crippen molar-refractivity contribution in [2.75, 3.05) is 6.54 Å². The molecule has 17 heavy (non-hydrogen) atoms. The van der Waals surface area contributed by atoms with Crippen LogP contribution in [0.2, 0.25) is 5.02 Å². The largest absolute Gasteiger partial charge is 0.353 e. The third-order valence-electron chi connectivity index (χ3n) is 2.45. The van der Waals surface area contributed by atoms with Crippen molar-refractivity contribution in [2.24, 2.45) is 5.73 Å². The monoisotopic (exact) mass is 258 g/mol. The van der Waals surface area contributed by atoms with E-state index in [2.05, 4.69) is 17.3 Å². The number of nitrogens with two attached hydrogens (primary N) is 1. The molecule has 0 aliphatic heterocycles. The van der Waals surface area contributed by atoms with Crippen molar-refractivity contribution in [3.63, 3.8) is 0 Å².